The van der Waals surface area contributed by atoms with E-state index in [9.17, 15) is 9.59 Å². The molecule has 74 valence electrons. The predicted octanol–water partition coefficient (Wildman–Crippen LogP) is 1.23. The van der Waals surface area contributed by atoms with E-state index in [1.165, 1.54) is 13.8 Å². The van der Waals surface area contributed by atoms with Crippen LogP contribution >= 0.6 is 0 Å². The Kier molecular flexibility index (Phi) is 3.01. The molecular weight excluding hydrogens is 192 g/mol. The molecule has 0 aliphatic carbocycles. The molecule has 0 saturated heterocycles. The first-order chi connectivity index (χ1) is 6.49. The highest BCUT2D eigenvalue weighted by atomic mass is 28.3. The largest absolute Gasteiger partial charge is 0.305 e. The summed E-state index contributed by atoms with van der Waals surface area (Å²) in [5.41, 5.74) is 0. The second kappa shape index (κ2) is 3.88. The summed E-state index contributed by atoms with van der Waals surface area (Å²) >= 11 is 0. The van der Waals surface area contributed by atoms with Crippen molar-refractivity contribution in [2.75, 3.05) is 0 Å². The van der Waals surface area contributed by atoms with Crippen LogP contribution in [0, 0.1) is 0 Å². The van der Waals surface area contributed by atoms with Crippen LogP contribution in [0.25, 0.3) is 0 Å². The topological polar surface area (TPSA) is 34.1 Å². The second-order valence-corrected chi connectivity index (χ2v) is 7.84. The van der Waals surface area contributed by atoms with E-state index in [0.717, 1.165) is 5.19 Å². The highest BCUT2D eigenvalue weighted by molar-refractivity contribution is 7.31. The van der Waals surface area contributed by atoms with Gasteiger partial charge in [-0.05, 0) is 19.0 Å². The first-order valence-electron chi connectivity index (χ1n) is 4.57. The lowest BCUT2D eigenvalue weighted by molar-refractivity contribution is -0.114. The fraction of sp³-hybridized carbons (Fsp3) is 0.273. The van der Waals surface area contributed by atoms with Crippen LogP contribution < -0.4 is 5.19 Å². The zero-order valence-corrected chi connectivity index (χ0v) is 9.70. The summed E-state index contributed by atoms with van der Waals surface area (Å²) in [6, 6.07) is 9.36. The van der Waals surface area contributed by atoms with Crippen LogP contribution in [-0.2, 0) is 9.59 Å². The van der Waals surface area contributed by atoms with Gasteiger partial charge in [0.2, 0.25) is 8.07 Å². The highest BCUT2D eigenvalue weighted by Crippen LogP contribution is 2.06. The minimum atomic E-state index is -2.56. The predicted molar refractivity (Wildman–Crippen MR) is 59.1 cm³/mol. The number of benzene rings is 1. The Bertz CT molecular complexity index is 343. The van der Waals surface area contributed by atoms with E-state index in [4.69, 9.17) is 0 Å². The number of carbonyl (C=O) groups is 2. The van der Waals surface area contributed by atoms with Gasteiger partial charge in [-0.15, -0.1) is 0 Å². The lowest BCUT2D eigenvalue weighted by atomic mass is 10.4. The van der Waals surface area contributed by atoms with Crippen molar-refractivity contribution in [3.8, 4) is 0 Å². The molecule has 2 nitrogen and oxygen atoms in total. The zero-order valence-electron chi connectivity index (χ0n) is 8.70. The Balaban J connectivity index is 3.27. The van der Waals surface area contributed by atoms with Crippen LogP contribution in [0.5, 0.6) is 0 Å². The molecule has 3 heteroatoms. The fourth-order valence-corrected chi connectivity index (χ4v) is 3.59. The molecule has 0 atom stereocenters. The fourth-order valence-electron chi connectivity index (χ4n) is 1.43. The molecule has 0 aromatic heterocycles. The van der Waals surface area contributed by atoms with Crippen LogP contribution in [0.2, 0.25) is 6.55 Å². The van der Waals surface area contributed by atoms with Crippen molar-refractivity contribution in [3.05, 3.63) is 30.3 Å². The van der Waals surface area contributed by atoms with Gasteiger partial charge in [-0.3, -0.25) is 0 Å². The smallest absolute Gasteiger partial charge is 0.233 e. The van der Waals surface area contributed by atoms with Crippen LogP contribution in [0.3, 0.4) is 0 Å². The van der Waals surface area contributed by atoms with Gasteiger partial charge in [-0.2, -0.15) is 0 Å². The van der Waals surface area contributed by atoms with E-state index in [0.29, 0.717) is 0 Å². The summed E-state index contributed by atoms with van der Waals surface area (Å²) in [5.74, 6) is 0. The van der Waals surface area contributed by atoms with Crippen molar-refractivity contribution in [2.24, 2.45) is 0 Å². The molecule has 1 rings (SSSR count). The third kappa shape index (κ3) is 1.68. The molecule has 0 N–H and O–H groups in total. The molecule has 0 amide bonds. The molecule has 0 spiro atoms. The van der Waals surface area contributed by atoms with Crippen molar-refractivity contribution in [3.63, 3.8) is 0 Å². The maximum absolute atomic E-state index is 11.5. The number of carbonyl (C=O) groups excluding carboxylic acids is 2. The Morgan fingerprint density at radius 2 is 1.43 bits per heavy atom. The zero-order chi connectivity index (χ0) is 10.8. The molecular formula is C11H14O2Si. The first-order valence-corrected chi connectivity index (χ1v) is 7.07. The van der Waals surface area contributed by atoms with Crippen LogP contribution in [0.4, 0.5) is 0 Å². The lowest BCUT2D eigenvalue weighted by Crippen LogP contribution is -2.57. The summed E-state index contributed by atoms with van der Waals surface area (Å²) in [4.78, 5) is 23.1. The van der Waals surface area contributed by atoms with E-state index in [2.05, 4.69) is 0 Å². The van der Waals surface area contributed by atoms with Crippen molar-refractivity contribution in [1.29, 1.82) is 0 Å². The molecule has 0 bridgehead atoms. The first kappa shape index (κ1) is 10.9. The maximum Gasteiger partial charge on any atom is 0.233 e. The Labute approximate surface area is 85.0 Å². The lowest BCUT2D eigenvalue weighted by Gasteiger charge is -2.20. The average Bonchev–Trinajstić information content (AvgIpc) is 2.17. The van der Waals surface area contributed by atoms with Gasteiger partial charge < -0.3 is 9.59 Å². The molecule has 0 unspecified atom stereocenters. The summed E-state index contributed by atoms with van der Waals surface area (Å²) in [5, 5.41) is 0.951. The van der Waals surface area contributed by atoms with Gasteiger partial charge in [0.05, 0.1) is 0 Å². The van der Waals surface area contributed by atoms with E-state index in [1.807, 2.05) is 36.9 Å². The van der Waals surface area contributed by atoms with Crippen molar-refractivity contribution < 1.29 is 9.59 Å². The quantitative estimate of drug-likeness (QED) is 0.697. The summed E-state index contributed by atoms with van der Waals surface area (Å²) < 4.78 is 0. The Morgan fingerprint density at radius 1 is 1.00 bits per heavy atom. The van der Waals surface area contributed by atoms with Gasteiger partial charge in [0.15, 0.2) is 0 Å². The van der Waals surface area contributed by atoms with Crippen LogP contribution in [0.1, 0.15) is 13.8 Å². The summed E-state index contributed by atoms with van der Waals surface area (Å²) in [6.45, 7) is 4.84. The highest BCUT2D eigenvalue weighted by Gasteiger charge is 2.40. The molecule has 1 aromatic carbocycles. The average molecular weight is 206 g/mol. The molecule has 0 saturated carbocycles. The standard InChI is InChI=1S/C11H14O2Si/c1-9(12)14(3,10(2)13)11-7-5-4-6-8-11/h4-8H,1-3H3. The molecule has 0 aliphatic heterocycles. The van der Waals surface area contributed by atoms with Gasteiger partial charge in [-0.1, -0.05) is 36.9 Å². The molecule has 0 radical (unpaired) electrons. The number of hydrogen-bond acceptors (Lipinski definition) is 2. The molecule has 0 fully saturated rings. The van der Waals surface area contributed by atoms with Crippen molar-refractivity contribution in [2.45, 2.75) is 20.4 Å². The van der Waals surface area contributed by atoms with Crippen LogP contribution in [-0.4, -0.2) is 18.9 Å². The minimum absolute atomic E-state index is 0.0243. The number of hydrogen-bond donors (Lipinski definition) is 0. The van der Waals surface area contributed by atoms with E-state index in [-0.39, 0.29) is 10.8 Å². The third-order valence-electron chi connectivity index (χ3n) is 2.76. The minimum Gasteiger partial charge on any atom is -0.305 e. The van der Waals surface area contributed by atoms with E-state index < -0.39 is 8.07 Å². The van der Waals surface area contributed by atoms with Gasteiger partial charge in [0, 0.05) is 0 Å². The van der Waals surface area contributed by atoms with Crippen LogP contribution in [0.15, 0.2) is 30.3 Å². The molecule has 0 aliphatic rings. The molecule has 0 heterocycles. The Morgan fingerprint density at radius 3 is 1.79 bits per heavy atom. The normalized spacial score (nSPS) is 11.1. The van der Waals surface area contributed by atoms with Gasteiger partial charge in [-0.25, -0.2) is 0 Å². The van der Waals surface area contributed by atoms with Gasteiger partial charge in [0.1, 0.15) is 10.8 Å². The molecule has 14 heavy (non-hydrogen) atoms. The maximum atomic E-state index is 11.5. The van der Waals surface area contributed by atoms with E-state index in [1.54, 1.807) is 0 Å². The van der Waals surface area contributed by atoms with Crippen molar-refractivity contribution >= 4 is 24.1 Å². The Hall–Kier alpha value is -1.22. The van der Waals surface area contributed by atoms with Gasteiger partial charge in [0.25, 0.3) is 0 Å². The van der Waals surface area contributed by atoms with Gasteiger partial charge >= 0.3 is 0 Å². The molecule has 1 aromatic rings. The summed E-state index contributed by atoms with van der Waals surface area (Å²) in [7, 11) is -2.56. The second-order valence-electron chi connectivity index (χ2n) is 3.60. The SMILES string of the molecule is CC(=O)[Si](C)(C(C)=O)c1ccccc1. The summed E-state index contributed by atoms with van der Waals surface area (Å²) in [6.07, 6.45) is 0. The third-order valence-corrected chi connectivity index (χ3v) is 7.06. The number of rotatable bonds is 3. The van der Waals surface area contributed by atoms with E-state index >= 15 is 0 Å². The monoisotopic (exact) mass is 206 g/mol. The van der Waals surface area contributed by atoms with Crippen molar-refractivity contribution in [1.82, 2.24) is 0 Å².